The molecule has 156 valence electrons. The van der Waals surface area contributed by atoms with Crippen LogP contribution in [0.5, 0.6) is 5.75 Å². The van der Waals surface area contributed by atoms with E-state index in [1.165, 1.54) is 7.11 Å². The Morgan fingerprint density at radius 1 is 1.13 bits per heavy atom. The summed E-state index contributed by atoms with van der Waals surface area (Å²) in [5.41, 5.74) is 3.06. The Morgan fingerprint density at radius 2 is 1.83 bits per heavy atom. The number of methoxy groups -OCH3 is 2. The van der Waals surface area contributed by atoms with Crippen LogP contribution in [-0.2, 0) is 9.53 Å². The predicted octanol–water partition coefficient (Wildman–Crippen LogP) is 3.26. The number of thiocarbonyl (C=S) groups is 1. The van der Waals surface area contributed by atoms with E-state index in [1.54, 1.807) is 49.4 Å². The highest BCUT2D eigenvalue weighted by molar-refractivity contribution is 7.80. The molecule has 0 saturated carbocycles. The molecule has 0 bridgehead atoms. The largest absolute Gasteiger partial charge is 0.497 e. The quantitative estimate of drug-likeness (QED) is 0.562. The number of hydrogen-bond acceptors (Lipinski definition) is 5. The van der Waals surface area contributed by atoms with Crippen LogP contribution in [0, 0.1) is 0 Å². The number of nitrogens with zero attached hydrogens (tertiary/aromatic N) is 1. The number of benzene rings is 2. The van der Waals surface area contributed by atoms with Gasteiger partial charge in [-0.1, -0.05) is 12.1 Å². The number of amides is 1. The Labute approximate surface area is 180 Å². The van der Waals surface area contributed by atoms with Crippen molar-refractivity contribution < 1.29 is 19.1 Å². The fourth-order valence-electron chi connectivity index (χ4n) is 3.20. The molecule has 7 nitrogen and oxygen atoms in total. The SMILES string of the molecule is COC(=O)C1=C(C)N(C)C(=S)NC1c1cccc(NC(=O)c2ccc(OC)cc2)c1. The summed E-state index contributed by atoms with van der Waals surface area (Å²) in [6.45, 7) is 1.82. The Bertz CT molecular complexity index is 1020. The van der Waals surface area contributed by atoms with Crippen molar-refractivity contribution in [2.45, 2.75) is 13.0 Å². The number of esters is 1. The first kappa shape index (κ1) is 21.3. The van der Waals surface area contributed by atoms with Crippen molar-refractivity contribution in [1.82, 2.24) is 10.2 Å². The molecule has 8 heteroatoms. The Kier molecular flexibility index (Phi) is 6.37. The van der Waals surface area contributed by atoms with Crippen LogP contribution in [0.3, 0.4) is 0 Å². The molecule has 0 radical (unpaired) electrons. The van der Waals surface area contributed by atoms with E-state index in [0.717, 1.165) is 5.56 Å². The summed E-state index contributed by atoms with van der Waals surface area (Å²) in [4.78, 5) is 26.8. The van der Waals surface area contributed by atoms with Crippen LogP contribution in [0.15, 0.2) is 59.8 Å². The second-order valence-corrected chi connectivity index (χ2v) is 7.13. The molecule has 2 aromatic rings. The molecule has 1 aliphatic heterocycles. The van der Waals surface area contributed by atoms with Crippen LogP contribution in [0.4, 0.5) is 5.69 Å². The van der Waals surface area contributed by atoms with Crippen molar-refractivity contribution in [3.8, 4) is 5.75 Å². The van der Waals surface area contributed by atoms with E-state index in [1.807, 2.05) is 25.1 Å². The van der Waals surface area contributed by atoms with Crippen LogP contribution in [0.25, 0.3) is 0 Å². The third kappa shape index (κ3) is 4.28. The highest BCUT2D eigenvalue weighted by Crippen LogP contribution is 2.31. The molecule has 0 saturated heterocycles. The van der Waals surface area contributed by atoms with Crippen LogP contribution < -0.4 is 15.4 Å². The van der Waals surface area contributed by atoms with Crippen molar-refractivity contribution in [1.29, 1.82) is 0 Å². The molecule has 2 N–H and O–H groups in total. The van der Waals surface area contributed by atoms with Gasteiger partial charge < -0.3 is 25.0 Å². The topological polar surface area (TPSA) is 79.9 Å². The van der Waals surface area contributed by atoms with Crippen LogP contribution >= 0.6 is 12.2 Å². The average molecular weight is 426 g/mol. The van der Waals surface area contributed by atoms with Gasteiger partial charge >= 0.3 is 5.97 Å². The number of ether oxygens (including phenoxy) is 2. The number of carbonyl (C=O) groups is 2. The van der Waals surface area contributed by atoms with Gasteiger partial charge in [0, 0.05) is 24.0 Å². The van der Waals surface area contributed by atoms with Gasteiger partial charge in [-0.05, 0) is 61.1 Å². The maximum Gasteiger partial charge on any atom is 0.337 e. The van der Waals surface area contributed by atoms with Gasteiger partial charge in [-0.3, -0.25) is 4.79 Å². The van der Waals surface area contributed by atoms with Gasteiger partial charge in [-0.15, -0.1) is 0 Å². The zero-order chi connectivity index (χ0) is 21.8. The van der Waals surface area contributed by atoms with E-state index in [2.05, 4.69) is 10.6 Å². The fourth-order valence-corrected chi connectivity index (χ4v) is 3.46. The summed E-state index contributed by atoms with van der Waals surface area (Å²) in [5.74, 6) is -0.0102. The summed E-state index contributed by atoms with van der Waals surface area (Å²) >= 11 is 5.39. The summed E-state index contributed by atoms with van der Waals surface area (Å²) in [6, 6.07) is 13.6. The van der Waals surface area contributed by atoms with E-state index in [0.29, 0.717) is 33.4 Å². The van der Waals surface area contributed by atoms with Crippen molar-refractivity contribution >= 4 is 34.9 Å². The van der Waals surface area contributed by atoms with Crippen molar-refractivity contribution in [2.24, 2.45) is 0 Å². The van der Waals surface area contributed by atoms with Gasteiger partial charge in [0.15, 0.2) is 5.11 Å². The zero-order valence-corrected chi connectivity index (χ0v) is 18.0. The second kappa shape index (κ2) is 8.96. The summed E-state index contributed by atoms with van der Waals surface area (Å²) in [7, 11) is 4.70. The minimum atomic E-state index is -0.487. The molecule has 1 atom stereocenters. The fraction of sp³-hybridized carbons (Fsp3) is 0.227. The first-order valence-corrected chi connectivity index (χ1v) is 9.65. The molecule has 0 fully saturated rings. The molecule has 2 aromatic carbocycles. The van der Waals surface area contributed by atoms with Gasteiger partial charge in [-0.2, -0.15) is 0 Å². The van der Waals surface area contributed by atoms with Crippen molar-refractivity contribution in [3.63, 3.8) is 0 Å². The monoisotopic (exact) mass is 425 g/mol. The lowest BCUT2D eigenvalue weighted by molar-refractivity contribution is -0.136. The molecule has 1 aliphatic rings. The molecule has 30 heavy (non-hydrogen) atoms. The first-order valence-electron chi connectivity index (χ1n) is 9.24. The third-order valence-electron chi connectivity index (χ3n) is 4.99. The van der Waals surface area contributed by atoms with E-state index in [9.17, 15) is 9.59 Å². The minimum absolute atomic E-state index is 0.249. The second-order valence-electron chi connectivity index (χ2n) is 6.74. The molecule has 1 heterocycles. The molecular weight excluding hydrogens is 402 g/mol. The van der Waals surface area contributed by atoms with Crippen molar-refractivity contribution in [2.75, 3.05) is 26.6 Å². The van der Waals surface area contributed by atoms with Gasteiger partial charge in [0.25, 0.3) is 5.91 Å². The lowest BCUT2D eigenvalue weighted by atomic mass is 9.95. The van der Waals surface area contributed by atoms with Gasteiger partial charge in [0.05, 0.1) is 25.8 Å². The maximum absolute atomic E-state index is 12.6. The summed E-state index contributed by atoms with van der Waals surface area (Å²) in [6.07, 6.45) is 0. The van der Waals surface area contributed by atoms with Crippen LogP contribution in [0.1, 0.15) is 28.9 Å². The predicted molar refractivity (Wildman–Crippen MR) is 118 cm³/mol. The molecule has 0 spiro atoms. The Morgan fingerprint density at radius 3 is 2.47 bits per heavy atom. The van der Waals surface area contributed by atoms with Crippen molar-refractivity contribution in [3.05, 3.63) is 70.9 Å². The highest BCUT2D eigenvalue weighted by atomic mass is 32.1. The van der Waals surface area contributed by atoms with Gasteiger partial charge in [-0.25, -0.2) is 4.79 Å². The standard InChI is InChI=1S/C22H23N3O4S/c1-13-18(21(27)29-4)19(24-22(30)25(13)2)15-6-5-7-16(12-15)23-20(26)14-8-10-17(28-3)11-9-14/h5-12,19H,1-4H3,(H,23,26)(H,24,30). The number of nitrogens with one attached hydrogen (secondary N) is 2. The Balaban J connectivity index is 1.89. The molecule has 0 aromatic heterocycles. The molecule has 1 unspecified atom stereocenters. The van der Waals surface area contributed by atoms with Crippen LogP contribution in [-0.4, -0.2) is 43.2 Å². The molecule has 3 rings (SSSR count). The van der Waals surface area contributed by atoms with Gasteiger partial charge in [0.1, 0.15) is 5.75 Å². The zero-order valence-electron chi connectivity index (χ0n) is 17.2. The number of anilines is 1. The normalized spacial score (nSPS) is 16.1. The third-order valence-corrected chi connectivity index (χ3v) is 5.38. The summed E-state index contributed by atoms with van der Waals surface area (Å²) in [5, 5.41) is 6.55. The average Bonchev–Trinajstić information content (AvgIpc) is 2.77. The smallest absolute Gasteiger partial charge is 0.337 e. The first-order chi connectivity index (χ1) is 14.3. The van der Waals surface area contributed by atoms with E-state index < -0.39 is 12.0 Å². The lowest BCUT2D eigenvalue weighted by Crippen LogP contribution is -2.46. The van der Waals surface area contributed by atoms with E-state index >= 15 is 0 Å². The number of carbonyl (C=O) groups excluding carboxylic acids is 2. The minimum Gasteiger partial charge on any atom is -0.497 e. The molecule has 1 amide bonds. The Hall–Kier alpha value is -3.39. The number of hydrogen-bond donors (Lipinski definition) is 2. The van der Waals surface area contributed by atoms with E-state index in [4.69, 9.17) is 21.7 Å². The van der Waals surface area contributed by atoms with Crippen LogP contribution in [0.2, 0.25) is 0 Å². The number of allylic oxidation sites excluding steroid dienone is 1. The molecular formula is C22H23N3O4S. The number of rotatable bonds is 5. The molecule has 0 aliphatic carbocycles. The lowest BCUT2D eigenvalue weighted by Gasteiger charge is -2.35. The summed E-state index contributed by atoms with van der Waals surface area (Å²) < 4.78 is 10.1. The highest BCUT2D eigenvalue weighted by Gasteiger charge is 2.33. The van der Waals surface area contributed by atoms with E-state index in [-0.39, 0.29) is 5.91 Å². The van der Waals surface area contributed by atoms with Gasteiger partial charge in [0.2, 0.25) is 0 Å². The maximum atomic E-state index is 12.6.